The van der Waals surface area contributed by atoms with Crippen molar-refractivity contribution in [3.05, 3.63) is 65.5 Å². The zero-order valence-corrected chi connectivity index (χ0v) is 13.8. The first-order valence-corrected chi connectivity index (χ1v) is 8.21. The Kier molecular flexibility index (Phi) is 5.11. The van der Waals surface area contributed by atoms with Crippen molar-refractivity contribution in [3.8, 4) is 0 Å². The number of piperazine rings is 1. The molecule has 0 aromatic heterocycles. The third-order valence-corrected chi connectivity index (χ3v) is 4.43. The fourth-order valence-electron chi connectivity index (χ4n) is 2.89. The number of nitrogens with one attached hydrogen (secondary N) is 1. The monoisotopic (exact) mass is 327 g/mol. The summed E-state index contributed by atoms with van der Waals surface area (Å²) in [6, 6.07) is 14.4. The van der Waals surface area contributed by atoms with Crippen molar-refractivity contribution in [1.29, 1.82) is 0 Å². The van der Waals surface area contributed by atoms with Gasteiger partial charge in [-0.05, 0) is 30.2 Å². The van der Waals surface area contributed by atoms with E-state index in [0.29, 0.717) is 13.1 Å². The van der Waals surface area contributed by atoms with Crippen LogP contribution in [0, 0.1) is 12.7 Å². The molecule has 0 bridgehead atoms. The van der Waals surface area contributed by atoms with Gasteiger partial charge in [-0.1, -0.05) is 36.4 Å². The van der Waals surface area contributed by atoms with Crippen molar-refractivity contribution in [2.75, 3.05) is 31.5 Å². The summed E-state index contributed by atoms with van der Waals surface area (Å²) in [5.41, 5.74) is 2.84. The smallest absolute Gasteiger partial charge is 0.322 e. The highest BCUT2D eigenvalue weighted by atomic mass is 19.1. The second kappa shape index (κ2) is 7.45. The Labute approximate surface area is 141 Å². The summed E-state index contributed by atoms with van der Waals surface area (Å²) in [6.07, 6.45) is 0. The number of nitrogens with zero attached hydrogens (tertiary/aromatic N) is 2. The SMILES string of the molecule is Cc1ccccc1CN1CCN(C(=O)Nc2ccccc2F)CC1. The van der Waals surface area contributed by atoms with E-state index in [9.17, 15) is 9.18 Å². The second-order valence-corrected chi connectivity index (χ2v) is 6.10. The summed E-state index contributed by atoms with van der Waals surface area (Å²) in [6.45, 7) is 5.94. The minimum atomic E-state index is -0.413. The highest BCUT2D eigenvalue weighted by Gasteiger charge is 2.22. The number of hydrogen-bond donors (Lipinski definition) is 1. The van der Waals surface area contributed by atoms with Crippen LogP contribution in [-0.2, 0) is 6.54 Å². The maximum absolute atomic E-state index is 13.6. The van der Waals surface area contributed by atoms with E-state index in [1.165, 1.54) is 17.2 Å². The molecule has 0 atom stereocenters. The van der Waals surface area contributed by atoms with E-state index in [2.05, 4.69) is 35.3 Å². The molecule has 5 heteroatoms. The number of hydrogen-bond acceptors (Lipinski definition) is 2. The molecule has 2 aromatic rings. The van der Waals surface area contributed by atoms with Crippen LogP contribution in [0.15, 0.2) is 48.5 Å². The lowest BCUT2D eigenvalue weighted by Gasteiger charge is -2.35. The molecule has 2 amide bonds. The molecule has 1 fully saturated rings. The first kappa shape index (κ1) is 16.5. The normalized spacial score (nSPS) is 15.3. The molecule has 1 saturated heterocycles. The molecule has 1 aliphatic rings. The van der Waals surface area contributed by atoms with Crippen LogP contribution in [0.2, 0.25) is 0 Å². The quantitative estimate of drug-likeness (QED) is 0.937. The van der Waals surface area contributed by atoms with Crippen molar-refractivity contribution in [2.24, 2.45) is 0 Å². The van der Waals surface area contributed by atoms with E-state index in [-0.39, 0.29) is 11.7 Å². The lowest BCUT2D eigenvalue weighted by atomic mass is 10.1. The van der Waals surface area contributed by atoms with Crippen molar-refractivity contribution in [2.45, 2.75) is 13.5 Å². The van der Waals surface area contributed by atoms with Crippen LogP contribution in [0.25, 0.3) is 0 Å². The molecule has 0 unspecified atom stereocenters. The highest BCUT2D eigenvalue weighted by molar-refractivity contribution is 5.89. The van der Waals surface area contributed by atoms with Crippen LogP contribution >= 0.6 is 0 Å². The number of halogens is 1. The molecule has 126 valence electrons. The lowest BCUT2D eigenvalue weighted by Crippen LogP contribution is -2.49. The number of urea groups is 1. The van der Waals surface area contributed by atoms with Crippen molar-refractivity contribution >= 4 is 11.7 Å². The number of carbonyl (C=O) groups is 1. The summed E-state index contributed by atoms with van der Waals surface area (Å²) in [5.74, 6) is -0.413. The minimum absolute atomic E-state index is 0.227. The molecule has 3 rings (SSSR count). The maximum atomic E-state index is 13.6. The number of carbonyl (C=O) groups excluding carboxylic acids is 1. The summed E-state index contributed by atoms with van der Waals surface area (Å²) < 4.78 is 13.6. The molecular weight excluding hydrogens is 305 g/mol. The van der Waals surface area contributed by atoms with E-state index >= 15 is 0 Å². The van der Waals surface area contributed by atoms with E-state index in [1.54, 1.807) is 23.1 Å². The van der Waals surface area contributed by atoms with Gasteiger partial charge in [-0.2, -0.15) is 0 Å². The summed E-state index contributed by atoms with van der Waals surface area (Å²) in [4.78, 5) is 16.3. The van der Waals surface area contributed by atoms with Gasteiger partial charge in [0.15, 0.2) is 0 Å². The maximum Gasteiger partial charge on any atom is 0.322 e. The predicted octanol–water partition coefficient (Wildman–Crippen LogP) is 3.48. The van der Waals surface area contributed by atoms with Gasteiger partial charge in [0.1, 0.15) is 5.82 Å². The van der Waals surface area contributed by atoms with E-state index < -0.39 is 5.82 Å². The van der Waals surface area contributed by atoms with Crippen LogP contribution in [0.1, 0.15) is 11.1 Å². The van der Waals surface area contributed by atoms with Gasteiger partial charge < -0.3 is 10.2 Å². The van der Waals surface area contributed by atoms with Crippen LogP contribution in [0.3, 0.4) is 0 Å². The average molecular weight is 327 g/mol. The molecular formula is C19H22FN3O. The predicted molar refractivity (Wildman–Crippen MR) is 93.4 cm³/mol. The van der Waals surface area contributed by atoms with Crippen LogP contribution in [0.5, 0.6) is 0 Å². The van der Waals surface area contributed by atoms with Gasteiger partial charge in [0.25, 0.3) is 0 Å². The van der Waals surface area contributed by atoms with Gasteiger partial charge in [0.05, 0.1) is 5.69 Å². The van der Waals surface area contributed by atoms with Gasteiger partial charge in [0.2, 0.25) is 0 Å². The van der Waals surface area contributed by atoms with E-state index in [1.807, 2.05) is 6.07 Å². The highest BCUT2D eigenvalue weighted by Crippen LogP contribution is 2.15. The summed E-state index contributed by atoms with van der Waals surface area (Å²) in [5, 5.41) is 2.65. The van der Waals surface area contributed by atoms with Gasteiger partial charge in [-0.25, -0.2) is 9.18 Å². The molecule has 1 aliphatic heterocycles. The molecule has 1 N–H and O–H groups in total. The van der Waals surface area contributed by atoms with Crippen LogP contribution < -0.4 is 5.32 Å². The van der Waals surface area contributed by atoms with Crippen LogP contribution in [0.4, 0.5) is 14.9 Å². The van der Waals surface area contributed by atoms with Gasteiger partial charge in [0, 0.05) is 32.7 Å². The largest absolute Gasteiger partial charge is 0.322 e. The Bertz CT molecular complexity index is 711. The first-order valence-electron chi connectivity index (χ1n) is 8.21. The number of anilines is 1. The fourth-order valence-corrected chi connectivity index (χ4v) is 2.89. The first-order chi connectivity index (χ1) is 11.6. The molecule has 0 saturated carbocycles. The molecule has 24 heavy (non-hydrogen) atoms. The molecule has 0 spiro atoms. The van der Waals surface area contributed by atoms with Crippen LogP contribution in [-0.4, -0.2) is 42.0 Å². The molecule has 2 aromatic carbocycles. The van der Waals surface area contributed by atoms with Crippen molar-refractivity contribution in [3.63, 3.8) is 0 Å². The van der Waals surface area contributed by atoms with Gasteiger partial charge >= 0.3 is 6.03 Å². The third-order valence-electron chi connectivity index (χ3n) is 4.43. The zero-order chi connectivity index (χ0) is 16.9. The van der Waals surface area contributed by atoms with Crippen molar-refractivity contribution < 1.29 is 9.18 Å². The Balaban J connectivity index is 1.52. The second-order valence-electron chi connectivity index (χ2n) is 6.10. The summed E-state index contributed by atoms with van der Waals surface area (Å²) >= 11 is 0. The Hall–Kier alpha value is -2.40. The standard InChI is InChI=1S/C19H22FN3O/c1-15-6-2-3-7-16(15)14-22-10-12-23(13-11-22)19(24)21-18-9-5-4-8-17(18)20/h2-9H,10-14H2,1H3,(H,21,24). The number of amides is 2. The van der Waals surface area contributed by atoms with E-state index in [0.717, 1.165) is 19.6 Å². The topological polar surface area (TPSA) is 35.6 Å². The Morgan fingerprint density at radius 1 is 1.04 bits per heavy atom. The minimum Gasteiger partial charge on any atom is -0.322 e. The van der Waals surface area contributed by atoms with Gasteiger partial charge in [-0.15, -0.1) is 0 Å². The van der Waals surface area contributed by atoms with Crippen molar-refractivity contribution in [1.82, 2.24) is 9.80 Å². The lowest BCUT2D eigenvalue weighted by molar-refractivity contribution is 0.143. The summed E-state index contributed by atoms with van der Waals surface area (Å²) in [7, 11) is 0. The number of rotatable bonds is 3. The molecule has 0 aliphatic carbocycles. The molecule has 1 heterocycles. The number of para-hydroxylation sites is 1. The Morgan fingerprint density at radius 2 is 1.71 bits per heavy atom. The Morgan fingerprint density at radius 3 is 2.42 bits per heavy atom. The average Bonchev–Trinajstić information content (AvgIpc) is 2.59. The number of benzene rings is 2. The number of aryl methyl sites for hydroxylation is 1. The van der Waals surface area contributed by atoms with E-state index in [4.69, 9.17) is 0 Å². The fraction of sp³-hybridized carbons (Fsp3) is 0.316. The zero-order valence-electron chi connectivity index (χ0n) is 13.8. The van der Waals surface area contributed by atoms with Gasteiger partial charge in [-0.3, -0.25) is 4.90 Å². The third kappa shape index (κ3) is 3.92. The molecule has 0 radical (unpaired) electrons. The molecule has 4 nitrogen and oxygen atoms in total.